The third-order valence-electron chi connectivity index (χ3n) is 6.57. The second-order valence-corrected chi connectivity index (χ2v) is 8.62. The molecule has 1 aromatic heterocycles. The van der Waals surface area contributed by atoms with E-state index in [0.29, 0.717) is 38.2 Å². The fourth-order valence-electron chi connectivity index (χ4n) is 4.85. The van der Waals surface area contributed by atoms with Gasteiger partial charge in [-0.1, -0.05) is 12.1 Å². The van der Waals surface area contributed by atoms with Crippen LogP contribution in [-0.4, -0.2) is 60.7 Å². The number of nitrogens with one attached hydrogen (secondary N) is 1. The van der Waals surface area contributed by atoms with Crippen LogP contribution >= 0.6 is 0 Å². The van der Waals surface area contributed by atoms with Gasteiger partial charge in [0.2, 0.25) is 5.91 Å². The SMILES string of the molecule is O=C(NC[C@H]1CO[C@@H]2CN(C(=O)Cc3ccc4c(c3)CCCO4)C[C@H]12)c1cccnc1. The maximum atomic E-state index is 12.9. The quantitative estimate of drug-likeness (QED) is 0.797. The Balaban J connectivity index is 1.16. The van der Waals surface area contributed by atoms with Crippen LogP contribution in [0.5, 0.6) is 5.75 Å². The summed E-state index contributed by atoms with van der Waals surface area (Å²) in [4.78, 5) is 31.1. The van der Waals surface area contributed by atoms with E-state index in [1.807, 2.05) is 17.0 Å². The molecular formula is C24H27N3O4. The normalized spacial score (nSPS) is 24.3. The highest BCUT2D eigenvalue weighted by molar-refractivity contribution is 5.93. The first-order valence-electron chi connectivity index (χ1n) is 11.0. The second kappa shape index (κ2) is 8.67. The van der Waals surface area contributed by atoms with E-state index in [2.05, 4.69) is 16.4 Å². The zero-order valence-corrected chi connectivity index (χ0v) is 17.5. The number of aromatic nitrogens is 1. The molecule has 3 aliphatic heterocycles. The summed E-state index contributed by atoms with van der Waals surface area (Å²) < 4.78 is 11.6. The first kappa shape index (κ1) is 20.0. The van der Waals surface area contributed by atoms with Gasteiger partial charge in [0.1, 0.15) is 5.75 Å². The van der Waals surface area contributed by atoms with Crippen LogP contribution in [-0.2, 0) is 22.4 Å². The number of nitrogens with zero attached hydrogens (tertiary/aromatic N) is 2. The van der Waals surface area contributed by atoms with Crippen molar-refractivity contribution in [3.63, 3.8) is 0 Å². The number of amides is 2. The molecule has 162 valence electrons. The molecule has 2 fully saturated rings. The van der Waals surface area contributed by atoms with Crippen LogP contribution in [0.15, 0.2) is 42.7 Å². The molecule has 0 saturated carbocycles. The topological polar surface area (TPSA) is 80.8 Å². The molecule has 2 saturated heterocycles. The van der Waals surface area contributed by atoms with Crippen LogP contribution in [0.4, 0.5) is 0 Å². The molecule has 3 aliphatic rings. The molecule has 3 atom stereocenters. The third-order valence-corrected chi connectivity index (χ3v) is 6.57. The Bertz CT molecular complexity index is 965. The van der Waals surface area contributed by atoms with Crippen molar-refractivity contribution < 1.29 is 19.1 Å². The van der Waals surface area contributed by atoms with E-state index in [1.165, 1.54) is 5.56 Å². The Morgan fingerprint density at radius 1 is 1.23 bits per heavy atom. The molecule has 0 unspecified atom stereocenters. The molecule has 2 aromatic rings. The van der Waals surface area contributed by atoms with Gasteiger partial charge in [-0.3, -0.25) is 14.6 Å². The number of ether oxygens (including phenoxy) is 2. The number of pyridine rings is 1. The fraction of sp³-hybridized carbons (Fsp3) is 0.458. The van der Waals surface area contributed by atoms with Gasteiger partial charge in [0.05, 0.1) is 31.3 Å². The number of hydrogen-bond donors (Lipinski definition) is 1. The van der Waals surface area contributed by atoms with Crippen LogP contribution in [0.2, 0.25) is 0 Å². The highest BCUT2D eigenvalue weighted by Crippen LogP contribution is 2.34. The van der Waals surface area contributed by atoms with E-state index in [0.717, 1.165) is 30.8 Å². The lowest BCUT2D eigenvalue weighted by molar-refractivity contribution is -0.130. The minimum absolute atomic E-state index is 0.0566. The van der Waals surface area contributed by atoms with Gasteiger partial charge in [0.25, 0.3) is 5.91 Å². The maximum absolute atomic E-state index is 12.9. The summed E-state index contributed by atoms with van der Waals surface area (Å²) >= 11 is 0. The zero-order valence-electron chi connectivity index (χ0n) is 17.5. The Labute approximate surface area is 181 Å². The van der Waals surface area contributed by atoms with Gasteiger partial charge in [0, 0.05) is 43.9 Å². The highest BCUT2D eigenvalue weighted by Gasteiger charge is 2.45. The van der Waals surface area contributed by atoms with Gasteiger partial charge in [-0.05, 0) is 42.2 Å². The average molecular weight is 421 g/mol. The van der Waals surface area contributed by atoms with Crippen LogP contribution < -0.4 is 10.1 Å². The minimum atomic E-state index is -0.126. The van der Waals surface area contributed by atoms with Gasteiger partial charge in [0.15, 0.2) is 0 Å². The zero-order chi connectivity index (χ0) is 21.2. The van der Waals surface area contributed by atoms with Gasteiger partial charge >= 0.3 is 0 Å². The number of carbonyl (C=O) groups is 2. The number of benzene rings is 1. The molecule has 0 aliphatic carbocycles. The molecule has 1 N–H and O–H groups in total. The van der Waals surface area contributed by atoms with Crippen molar-refractivity contribution >= 4 is 11.8 Å². The first-order chi connectivity index (χ1) is 15.2. The summed E-state index contributed by atoms with van der Waals surface area (Å²) in [5, 5.41) is 2.99. The number of rotatable bonds is 5. The maximum Gasteiger partial charge on any atom is 0.252 e. The average Bonchev–Trinajstić information content (AvgIpc) is 3.39. The van der Waals surface area contributed by atoms with Crippen molar-refractivity contribution in [1.82, 2.24) is 15.2 Å². The van der Waals surface area contributed by atoms with Gasteiger partial charge in [-0.25, -0.2) is 0 Å². The van der Waals surface area contributed by atoms with E-state index in [4.69, 9.17) is 9.47 Å². The monoisotopic (exact) mass is 421 g/mol. The molecule has 4 heterocycles. The number of hydrogen-bond acceptors (Lipinski definition) is 5. The lowest BCUT2D eigenvalue weighted by Gasteiger charge is -2.21. The second-order valence-electron chi connectivity index (χ2n) is 8.62. The molecule has 1 aromatic carbocycles. The smallest absolute Gasteiger partial charge is 0.252 e. The number of fused-ring (bicyclic) bond motifs is 2. The molecule has 31 heavy (non-hydrogen) atoms. The summed E-state index contributed by atoms with van der Waals surface area (Å²) in [7, 11) is 0. The van der Waals surface area contributed by atoms with Crippen molar-refractivity contribution in [3.8, 4) is 5.75 Å². The summed E-state index contributed by atoms with van der Waals surface area (Å²) in [6, 6.07) is 9.58. The van der Waals surface area contributed by atoms with E-state index >= 15 is 0 Å². The van der Waals surface area contributed by atoms with Crippen molar-refractivity contribution in [1.29, 1.82) is 0 Å². The molecular weight excluding hydrogens is 394 g/mol. The number of likely N-dealkylation sites (tertiary alicyclic amines) is 1. The Morgan fingerprint density at radius 3 is 3.03 bits per heavy atom. The summed E-state index contributed by atoms with van der Waals surface area (Å²) in [6.45, 7) is 3.25. The van der Waals surface area contributed by atoms with Crippen molar-refractivity contribution in [2.45, 2.75) is 25.4 Å². The summed E-state index contributed by atoms with van der Waals surface area (Å²) in [5.41, 5.74) is 2.78. The number of aryl methyl sites for hydroxylation is 1. The van der Waals surface area contributed by atoms with Gasteiger partial charge in [-0.2, -0.15) is 0 Å². The summed E-state index contributed by atoms with van der Waals surface area (Å²) in [5.74, 6) is 1.42. The van der Waals surface area contributed by atoms with Crippen molar-refractivity contribution in [2.75, 3.05) is 32.8 Å². The van der Waals surface area contributed by atoms with Crippen LogP contribution in [0.25, 0.3) is 0 Å². The molecule has 5 rings (SSSR count). The Morgan fingerprint density at radius 2 is 2.16 bits per heavy atom. The molecule has 7 heteroatoms. The first-order valence-corrected chi connectivity index (χ1v) is 11.0. The summed E-state index contributed by atoms with van der Waals surface area (Å²) in [6.07, 6.45) is 5.69. The van der Waals surface area contributed by atoms with E-state index in [1.54, 1.807) is 24.5 Å². The Hall–Kier alpha value is -2.93. The molecule has 0 bridgehead atoms. The Kier molecular flexibility index (Phi) is 5.59. The van der Waals surface area contributed by atoms with Gasteiger partial charge in [-0.15, -0.1) is 0 Å². The fourth-order valence-corrected chi connectivity index (χ4v) is 4.85. The molecule has 0 spiro atoms. The van der Waals surface area contributed by atoms with E-state index in [9.17, 15) is 9.59 Å². The lowest BCUT2D eigenvalue weighted by atomic mass is 9.93. The predicted molar refractivity (Wildman–Crippen MR) is 114 cm³/mol. The largest absolute Gasteiger partial charge is 0.493 e. The van der Waals surface area contributed by atoms with Crippen LogP contribution in [0, 0.1) is 11.8 Å². The standard InChI is InChI=1S/C24H27N3O4/c28-23(10-16-5-6-21-17(9-16)4-2-8-30-21)27-13-20-19(15-31-22(20)14-27)12-26-24(29)18-3-1-7-25-11-18/h1,3,5-7,9,11,19-20,22H,2,4,8,10,12-15H2,(H,26,29)/t19-,20+,22+/m0/s1. The van der Waals surface area contributed by atoms with Crippen molar-refractivity contribution in [3.05, 3.63) is 59.4 Å². The van der Waals surface area contributed by atoms with Crippen LogP contribution in [0.3, 0.4) is 0 Å². The third kappa shape index (κ3) is 4.28. The van der Waals surface area contributed by atoms with E-state index in [-0.39, 0.29) is 29.8 Å². The molecule has 2 amide bonds. The van der Waals surface area contributed by atoms with Crippen molar-refractivity contribution in [2.24, 2.45) is 11.8 Å². The van der Waals surface area contributed by atoms with E-state index < -0.39 is 0 Å². The number of carbonyl (C=O) groups excluding carboxylic acids is 2. The molecule has 7 nitrogen and oxygen atoms in total. The highest BCUT2D eigenvalue weighted by atomic mass is 16.5. The minimum Gasteiger partial charge on any atom is -0.493 e. The molecule has 0 radical (unpaired) electrons. The predicted octanol–water partition coefficient (Wildman–Crippen LogP) is 1.85. The lowest BCUT2D eigenvalue weighted by Crippen LogP contribution is -2.35. The van der Waals surface area contributed by atoms with Crippen LogP contribution in [0.1, 0.15) is 27.9 Å². The van der Waals surface area contributed by atoms with Gasteiger partial charge < -0.3 is 19.7 Å².